The van der Waals surface area contributed by atoms with Crippen molar-refractivity contribution in [1.82, 2.24) is 0 Å². The molecule has 4 heteroatoms. The van der Waals surface area contributed by atoms with Gasteiger partial charge in [0.05, 0.1) is 11.9 Å². The van der Waals surface area contributed by atoms with Crippen LogP contribution in [0.3, 0.4) is 0 Å². The van der Waals surface area contributed by atoms with Gasteiger partial charge in [-0.05, 0) is 58.7 Å². The first kappa shape index (κ1) is 22.9. The van der Waals surface area contributed by atoms with E-state index in [4.69, 9.17) is 0 Å². The summed E-state index contributed by atoms with van der Waals surface area (Å²) in [6.07, 6.45) is 2.71. The summed E-state index contributed by atoms with van der Waals surface area (Å²) in [5, 5.41) is 15.2. The summed E-state index contributed by atoms with van der Waals surface area (Å²) >= 11 is 3.31. The van der Waals surface area contributed by atoms with E-state index in [1.165, 1.54) is 26.4 Å². The molecular weight excluding hydrogens is 432 g/mol. The van der Waals surface area contributed by atoms with E-state index in [1.54, 1.807) is 23.5 Å². The number of thioether (sulfide) groups is 2. The molecule has 0 saturated heterocycles. The highest BCUT2D eigenvalue weighted by atomic mass is 32.2. The van der Waals surface area contributed by atoms with Gasteiger partial charge in [0.1, 0.15) is 5.78 Å². The molecule has 0 spiro atoms. The van der Waals surface area contributed by atoms with Gasteiger partial charge in [-0.1, -0.05) is 67.1 Å². The lowest BCUT2D eigenvalue weighted by molar-refractivity contribution is -0.116. The Labute approximate surface area is 198 Å². The van der Waals surface area contributed by atoms with E-state index in [0.29, 0.717) is 17.9 Å². The number of aliphatic hydroxyl groups is 1. The molecule has 32 heavy (non-hydrogen) atoms. The van der Waals surface area contributed by atoms with Gasteiger partial charge >= 0.3 is 0 Å². The van der Waals surface area contributed by atoms with Gasteiger partial charge in [0.15, 0.2) is 0 Å². The molecule has 0 radical (unpaired) electrons. The van der Waals surface area contributed by atoms with Gasteiger partial charge in [0.25, 0.3) is 0 Å². The second-order valence-electron chi connectivity index (χ2n) is 8.06. The van der Waals surface area contributed by atoms with Gasteiger partial charge in [-0.25, -0.2) is 0 Å². The molecule has 1 N–H and O–H groups in total. The Morgan fingerprint density at radius 1 is 0.719 bits per heavy atom. The Balaban J connectivity index is 1.12. The number of ketones is 1. The van der Waals surface area contributed by atoms with E-state index < -0.39 is 0 Å². The molecule has 0 amide bonds. The lowest BCUT2D eigenvalue weighted by Crippen LogP contribution is -2.10. The van der Waals surface area contributed by atoms with Crippen molar-refractivity contribution in [3.8, 4) is 0 Å². The Bertz CT molecular complexity index is 1190. The van der Waals surface area contributed by atoms with Crippen LogP contribution in [0.5, 0.6) is 0 Å². The molecule has 4 aromatic rings. The molecule has 0 aliphatic heterocycles. The smallest absolute Gasteiger partial charge is 0.143 e. The number of carbonyl (C=O) groups is 1. The normalized spacial score (nSPS) is 12.3. The van der Waals surface area contributed by atoms with Crippen LogP contribution in [0.1, 0.15) is 25.7 Å². The van der Waals surface area contributed by atoms with Crippen molar-refractivity contribution in [3.63, 3.8) is 0 Å². The van der Waals surface area contributed by atoms with Crippen molar-refractivity contribution < 1.29 is 9.90 Å². The highest BCUT2D eigenvalue weighted by molar-refractivity contribution is 8.00. The van der Waals surface area contributed by atoms with E-state index in [0.717, 1.165) is 24.2 Å². The monoisotopic (exact) mass is 460 g/mol. The van der Waals surface area contributed by atoms with Gasteiger partial charge < -0.3 is 5.11 Å². The number of Topliss-reactive ketones (excluding diaryl/α,β-unsaturated/α-hetero) is 1. The molecule has 0 saturated carbocycles. The second kappa shape index (κ2) is 11.6. The maximum atomic E-state index is 12.3. The summed E-state index contributed by atoms with van der Waals surface area (Å²) < 4.78 is 0. The van der Waals surface area contributed by atoms with Gasteiger partial charge in [0, 0.05) is 22.0 Å². The number of carbonyl (C=O) groups excluding carboxylic acids is 1. The summed E-state index contributed by atoms with van der Waals surface area (Å²) in [6.45, 7) is 0. The van der Waals surface area contributed by atoms with Crippen molar-refractivity contribution in [2.75, 3.05) is 11.5 Å². The fourth-order valence-corrected chi connectivity index (χ4v) is 5.50. The molecule has 0 fully saturated rings. The molecule has 164 valence electrons. The molecule has 0 aromatic heterocycles. The molecule has 0 unspecified atom stereocenters. The first-order valence-electron chi connectivity index (χ1n) is 11.1. The molecule has 1 atom stereocenters. The van der Waals surface area contributed by atoms with Crippen molar-refractivity contribution in [1.29, 1.82) is 0 Å². The van der Waals surface area contributed by atoms with Crippen LogP contribution in [-0.4, -0.2) is 28.5 Å². The average Bonchev–Trinajstić information content (AvgIpc) is 2.84. The Morgan fingerprint density at radius 3 is 1.91 bits per heavy atom. The zero-order chi connectivity index (χ0) is 22.2. The van der Waals surface area contributed by atoms with Crippen LogP contribution in [0.4, 0.5) is 0 Å². The molecule has 4 aromatic carbocycles. The van der Waals surface area contributed by atoms with E-state index >= 15 is 0 Å². The van der Waals surface area contributed by atoms with Gasteiger partial charge in [-0.2, -0.15) is 0 Å². The summed E-state index contributed by atoms with van der Waals surface area (Å²) in [5.74, 6) is 1.48. The first-order valence-corrected chi connectivity index (χ1v) is 13.1. The van der Waals surface area contributed by atoms with E-state index in [-0.39, 0.29) is 11.9 Å². The molecule has 4 rings (SSSR count). The van der Waals surface area contributed by atoms with Crippen molar-refractivity contribution in [2.24, 2.45) is 0 Å². The zero-order valence-electron chi connectivity index (χ0n) is 18.1. The quantitative estimate of drug-likeness (QED) is 0.187. The largest absolute Gasteiger partial charge is 0.392 e. The first-order chi connectivity index (χ1) is 15.7. The fourth-order valence-electron chi connectivity index (χ4n) is 3.73. The van der Waals surface area contributed by atoms with Gasteiger partial charge in [-0.3, -0.25) is 4.79 Å². The second-order valence-corrected chi connectivity index (χ2v) is 10.2. The van der Waals surface area contributed by atoms with E-state index in [1.807, 2.05) is 24.3 Å². The Kier molecular flexibility index (Phi) is 8.27. The Morgan fingerprint density at radius 2 is 1.28 bits per heavy atom. The SMILES string of the molecule is O=C(CCCC[C@@H](O)CSc1ccc2ccccc2c1)CSc1ccc2ccccc2c1. The zero-order valence-corrected chi connectivity index (χ0v) is 19.7. The third kappa shape index (κ3) is 6.61. The minimum atomic E-state index is -0.339. The number of hydrogen-bond acceptors (Lipinski definition) is 4. The highest BCUT2D eigenvalue weighted by Gasteiger charge is 2.08. The van der Waals surface area contributed by atoms with Crippen molar-refractivity contribution >= 4 is 50.9 Å². The minimum absolute atomic E-state index is 0.281. The number of hydrogen-bond donors (Lipinski definition) is 1. The standard InChI is InChI=1S/C28H28O2S2/c29-25(19-31-27-15-13-21-7-1-3-9-23(21)17-27)11-5-6-12-26(30)20-32-28-16-14-22-8-2-4-10-24(22)18-28/h1-4,7-10,13-18,25,29H,5-6,11-12,19-20H2/t25-/m1/s1. The summed E-state index contributed by atoms with van der Waals surface area (Å²) in [7, 11) is 0. The molecule has 0 aliphatic rings. The number of aliphatic hydroxyl groups excluding tert-OH is 1. The number of unbranched alkanes of at least 4 members (excludes halogenated alkanes) is 1. The molecule has 0 aliphatic carbocycles. The third-order valence-electron chi connectivity index (χ3n) is 5.53. The van der Waals surface area contributed by atoms with E-state index in [9.17, 15) is 9.90 Å². The van der Waals surface area contributed by atoms with Crippen LogP contribution in [-0.2, 0) is 4.79 Å². The molecular formula is C28H28O2S2. The minimum Gasteiger partial charge on any atom is -0.392 e. The number of rotatable bonds is 11. The van der Waals surface area contributed by atoms with Crippen LogP contribution < -0.4 is 0 Å². The maximum absolute atomic E-state index is 12.3. The lowest BCUT2D eigenvalue weighted by Gasteiger charge is -2.10. The molecule has 0 heterocycles. The molecule has 2 nitrogen and oxygen atoms in total. The topological polar surface area (TPSA) is 37.3 Å². The maximum Gasteiger partial charge on any atom is 0.143 e. The van der Waals surface area contributed by atoms with Crippen molar-refractivity contribution in [2.45, 2.75) is 41.6 Å². The lowest BCUT2D eigenvalue weighted by atomic mass is 10.1. The molecule has 0 bridgehead atoms. The fraction of sp³-hybridized carbons (Fsp3) is 0.250. The highest BCUT2D eigenvalue weighted by Crippen LogP contribution is 2.26. The number of fused-ring (bicyclic) bond motifs is 2. The average molecular weight is 461 g/mol. The third-order valence-corrected chi connectivity index (χ3v) is 7.72. The van der Waals surface area contributed by atoms with E-state index in [2.05, 4.69) is 60.7 Å². The van der Waals surface area contributed by atoms with Crippen LogP contribution in [0.25, 0.3) is 21.5 Å². The van der Waals surface area contributed by atoms with Crippen LogP contribution in [0.15, 0.2) is 94.7 Å². The van der Waals surface area contributed by atoms with Crippen LogP contribution in [0, 0.1) is 0 Å². The van der Waals surface area contributed by atoms with Crippen LogP contribution in [0.2, 0.25) is 0 Å². The van der Waals surface area contributed by atoms with Gasteiger partial charge in [-0.15, -0.1) is 23.5 Å². The summed E-state index contributed by atoms with van der Waals surface area (Å²) in [6, 6.07) is 29.4. The van der Waals surface area contributed by atoms with Gasteiger partial charge in [0.2, 0.25) is 0 Å². The number of benzene rings is 4. The predicted octanol–water partition coefficient (Wildman–Crippen LogP) is 7.37. The predicted molar refractivity (Wildman–Crippen MR) is 139 cm³/mol. The van der Waals surface area contributed by atoms with Crippen molar-refractivity contribution in [3.05, 3.63) is 84.9 Å². The Hall–Kier alpha value is -2.27. The van der Waals surface area contributed by atoms with Crippen LogP contribution >= 0.6 is 23.5 Å². The summed E-state index contributed by atoms with van der Waals surface area (Å²) in [5.41, 5.74) is 0. The summed E-state index contributed by atoms with van der Waals surface area (Å²) in [4.78, 5) is 14.6.